The van der Waals surface area contributed by atoms with Crippen molar-refractivity contribution in [3.8, 4) is 0 Å². The van der Waals surface area contributed by atoms with Crippen LogP contribution in [0.15, 0.2) is 42.5 Å². The first kappa shape index (κ1) is 16.6. The minimum Gasteiger partial charge on any atom is -0.478 e. The molecule has 0 spiro atoms. The molecule has 1 rings (SSSR count). The second-order valence-electron chi connectivity index (χ2n) is 2.66. The van der Waals surface area contributed by atoms with Crippen LogP contribution in [-0.2, 0) is 4.79 Å². The van der Waals surface area contributed by atoms with Crippen molar-refractivity contribution in [1.82, 2.24) is 0 Å². The number of benzene rings is 1. The number of rotatable bonds is 2. The quantitative estimate of drug-likeness (QED) is 0.418. The van der Waals surface area contributed by atoms with E-state index in [1.165, 1.54) is 6.92 Å². The predicted molar refractivity (Wildman–Crippen MR) is 57.7 cm³/mol. The molecule has 1 aromatic carbocycles. The molecular formula is C12H13NaO2. The summed E-state index contributed by atoms with van der Waals surface area (Å²) < 4.78 is 0. The van der Waals surface area contributed by atoms with Gasteiger partial charge in [-0.2, -0.15) is 5.56 Å². The number of aliphatic carboxylic acids is 1. The van der Waals surface area contributed by atoms with Gasteiger partial charge in [0, 0.05) is 5.57 Å². The molecule has 0 saturated carbocycles. The molecule has 0 aliphatic rings. The Morgan fingerprint density at radius 3 is 2.00 bits per heavy atom. The van der Waals surface area contributed by atoms with E-state index >= 15 is 0 Å². The summed E-state index contributed by atoms with van der Waals surface area (Å²) in [5, 5.41) is 7.89. The van der Waals surface area contributed by atoms with Crippen LogP contribution in [0.5, 0.6) is 0 Å². The second-order valence-corrected chi connectivity index (χ2v) is 2.66. The molecule has 74 valence electrons. The first-order valence-corrected chi connectivity index (χ1v) is 4.06. The van der Waals surface area contributed by atoms with Gasteiger partial charge in [0.15, 0.2) is 0 Å². The van der Waals surface area contributed by atoms with Crippen LogP contribution in [0.25, 0.3) is 6.08 Å². The molecule has 0 unspecified atom stereocenters. The molecule has 0 bridgehead atoms. The summed E-state index contributed by atoms with van der Waals surface area (Å²) in [6.45, 7) is 9.83. The Hall–Kier alpha value is -0.830. The standard InChI is InChI=1S/C8H7.C4H6O2.Na/c1-2-8-6-4-3-5-7-8;1-3(2)4(5)6;/h1-7H;1H2,2H3,(H,5,6);/q-1;;+1. The van der Waals surface area contributed by atoms with Gasteiger partial charge in [0.05, 0.1) is 0 Å². The first-order valence-electron chi connectivity index (χ1n) is 4.06. The smallest absolute Gasteiger partial charge is 0.478 e. The zero-order valence-electron chi connectivity index (χ0n) is 9.10. The van der Waals surface area contributed by atoms with Gasteiger partial charge in [-0.3, -0.25) is 6.58 Å². The van der Waals surface area contributed by atoms with Gasteiger partial charge in [-0.1, -0.05) is 24.8 Å². The Kier molecular flexibility index (Phi) is 10.7. The van der Waals surface area contributed by atoms with E-state index in [1.54, 1.807) is 6.08 Å². The van der Waals surface area contributed by atoms with E-state index < -0.39 is 5.97 Å². The van der Waals surface area contributed by atoms with Crippen molar-refractivity contribution in [2.75, 3.05) is 0 Å². The number of carbonyl (C=O) groups is 1. The molecule has 0 amide bonds. The summed E-state index contributed by atoms with van der Waals surface area (Å²) >= 11 is 0. The first-order chi connectivity index (χ1) is 6.57. The van der Waals surface area contributed by atoms with Crippen molar-refractivity contribution in [2.24, 2.45) is 0 Å². The van der Waals surface area contributed by atoms with Gasteiger partial charge in [0.2, 0.25) is 0 Å². The molecule has 1 aromatic rings. The van der Waals surface area contributed by atoms with Crippen molar-refractivity contribution >= 4 is 12.0 Å². The Morgan fingerprint density at radius 2 is 1.80 bits per heavy atom. The van der Waals surface area contributed by atoms with E-state index in [0.29, 0.717) is 0 Å². The maximum atomic E-state index is 9.60. The zero-order chi connectivity index (χ0) is 11.0. The molecule has 0 aromatic heterocycles. The van der Waals surface area contributed by atoms with Gasteiger partial charge >= 0.3 is 35.5 Å². The normalized spacial score (nSPS) is 7.53. The maximum absolute atomic E-state index is 9.60. The van der Waals surface area contributed by atoms with Crippen LogP contribution in [0.4, 0.5) is 0 Å². The maximum Gasteiger partial charge on any atom is 1.00 e. The van der Waals surface area contributed by atoms with Crippen LogP contribution in [0, 0.1) is 6.58 Å². The van der Waals surface area contributed by atoms with Gasteiger partial charge in [0.25, 0.3) is 0 Å². The van der Waals surface area contributed by atoms with E-state index in [0.717, 1.165) is 5.56 Å². The van der Waals surface area contributed by atoms with Crippen molar-refractivity contribution in [3.63, 3.8) is 0 Å². The average Bonchev–Trinajstić information content (AvgIpc) is 2.20. The molecule has 0 radical (unpaired) electrons. The van der Waals surface area contributed by atoms with Crippen molar-refractivity contribution in [3.05, 3.63) is 54.6 Å². The average molecular weight is 212 g/mol. The summed E-state index contributed by atoms with van der Waals surface area (Å²) in [7, 11) is 0. The molecular weight excluding hydrogens is 199 g/mol. The van der Waals surface area contributed by atoms with E-state index in [2.05, 4.69) is 6.58 Å². The summed E-state index contributed by atoms with van der Waals surface area (Å²) in [4.78, 5) is 9.60. The zero-order valence-corrected chi connectivity index (χ0v) is 11.1. The second kappa shape index (κ2) is 9.71. The summed E-state index contributed by atoms with van der Waals surface area (Å²) in [5.74, 6) is -0.935. The molecule has 1 N–H and O–H groups in total. The third-order valence-electron chi connectivity index (χ3n) is 1.36. The van der Waals surface area contributed by atoms with E-state index in [9.17, 15) is 4.79 Å². The molecule has 0 aliphatic heterocycles. The van der Waals surface area contributed by atoms with Gasteiger partial charge in [-0.25, -0.2) is 10.9 Å². The van der Waals surface area contributed by atoms with Crippen LogP contribution >= 0.6 is 0 Å². The predicted octanol–water partition coefficient (Wildman–Crippen LogP) is -0.216. The summed E-state index contributed by atoms with van der Waals surface area (Å²) in [6, 6.07) is 9.80. The van der Waals surface area contributed by atoms with E-state index in [-0.39, 0.29) is 35.1 Å². The Bertz CT molecular complexity index is 306. The minimum atomic E-state index is -0.935. The SMILES string of the molecule is C=C(C)C(=O)O.[CH-]=Cc1ccccc1.[Na+]. The molecule has 2 nitrogen and oxygen atoms in total. The number of hydrogen-bond donors (Lipinski definition) is 1. The van der Waals surface area contributed by atoms with Crippen molar-refractivity contribution < 1.29 is 39.5 Å². The van der Waals surface area contributed by atoms with Crippen LogP contribution in [0.1, 0.15) is 12.5 Å². The fraction of sp³-hybridized carbons (Fsp3) is 0.0833. The third kappa shape index (κ3) is 9.47. The fourth-order valence-electron chi connectivity index (χ4n) is 0.564. The summed E-state index contributed by atoms with van der Waals surface area (Å²) in [6.07, 6.45) is 1.58. The Morgan fingerprint density at radius 1 is 1.40 bits per heavy atom. The number of carboxylic acid groups (broad SMARTS) is 1. The van der Waals surface area contributed by atoms with Crippen LogP contribution < -0.4 is 29.6 Å². The van der Waals surface area contributed by atoms with Crippen LogP contribution in [-0.4, -0.2) is 11.1 Å². The minimum absolute atomic E-state index is 0. The fourth-order valence-corrected chi connectivity index (χ4v) is 0.564. The monoisotopic (exact) mass is 212 g/mol. The van der Waals surface area contributed by atoms with Crippen LogP contribution in [0.3, 0.4) is 0 Å². The van der Waals surface area contributed by atoms with Crippen molar-refractivity contribution in [1.29, 1.82) is 0 Å². The molecule has 15 heavy (non-hydrogen) atoms. The topological polar surface area (TPSA) is 37.3 Å². The molecule has 0 saturated heterocycles. The molecule has 0 fully saturated rings. The number of carboxylic acids is 1. The molecule has 3 heteroatoms. The van der Waals surface area contributed by atoms with Gasteiger partial charge in [-0.15, -0.1) is 12.1 Å². The largest absolute Gasteiger partial charge is 1.00 e. The van der Waals surface area contributed by atoms with E-state index in [1.807, 2.05) is 30.3 Å². The van der Waals surface area contributed by atoms with Crippen molar-refractivity contribution in [2.45, 2.75) is 6.92 Å². The van der Waals surface area contributed by atoms with Gasteiger partial charge < -0.3 is 5.11 Å². The van der Waals surface area contributed by atoms with Crippen LogP contribution in [0.2, 0.25) is 0 Å². The Labute approximate surface area is 113 Å². The van der Waals surface area contributed by atoms with E-state index in [4.69, 9.17) is 11.7 Å². The molecule has 0 aliphatic carbocycles. The van der Waals surface area contributed by atoms with Gasteiger partial charge in [0.1, 0.15) is 0 Å². The molecule has 0 heterocycles. The Balaban J connectivity index is 0. The summed E-state index contributed by atoms with van der Waals surface area (Å²) in [5.41, 5.74) is 1.24. The molecule has 0 atom stereocenters. The number of hydrogen-bond acceptors (Lipinski definition) is 1. The van der Waals surface area contributed by atoms with Gasteiger partial charge in [-0.05, 0) is 6.92 Å². The third-order valence-corrected chi connectivity index (χ3v) is 1.36.